The number of rotatable bonds is 9. The molecule has 1 unspecified atom stereocenters. The Kier molecular flexibility index (Phi) is 12.4. The third-order valence-corrected chi connectivity index (χ3v) is 4.54. The van der Waals surface area contributed by atoms with E-state index in [1.54, 1.807) is 0 Å². The molecule has 0 radical (unpaired) electrons. The molecule has 1 aliphatic heterocycles. The van der Waals surface area contributed by atoms with E-state index >= 15 is 0 Å². The van der Waals surface area contributed by atoms with Gasteiger partial charge in [-0.25, -0.2) is 8.42 Å². The zero-order chi connectivity index (χ0) is 18.0. The number of hydrogen-bond acceptors (Lipinski definition) is 5. The summed E-state index contributed by atoms with van der Waals surface area (Å²) in [6.07, 6.45) is 2.63. The molecule has 0 bridgehead atoms. The van der Waals surface area contributed by atoms with Crippen LogP contribution < -0.4 is 10.6 Å². The summed E-state index contributed by atoms with van der Waals surface area (Å²) in [6.45, 7) is 7.08. The highest BCUT2D eigenvalue weighted by Gasteiger charge is 2.25. The first-order chi connectivity index (χ1) is 11.4. The Morgan fingerprint density at radius 3 is 2.64 bits per heavy atom. The number of sulfone groups is 1. The fraction of sp³-hybridized carbons (Fsp3) is 0.867. The van der Waals surface area contributed by atoms with Crippen LogP contribution in [-0.2, 0) is 19.4 Å². The molecule has 0 saturated carbocycles. The van der Waals surface area contributed by atoms with Crippen molar-refractivity contribution in [2.45, 2.75) is 32.7 Å². The molecule has 148 valence electrons. The van der Waals surface area contributed by atoms with Crippen LogP contribution in [0, 0.1) is 0 Å². The van der Waals surface area contributed by atoms with Crippen LogP contribution in [0.3, 0.4) is 0 Å². The van der Waals surface area contributed by atoms with Crippen molar-refractivity contribution in [3.8, 4) is 0 Å². The molecule has 1 atom stereocenters. The van der Waals surface area contributed by atoms with Crippen LogP contribution in [0.15, 0.2) is 4.99 Å². The summed E-state index contributed by atoms with van der Waals surface area (Å²) in [5, 5.41) is 6.50. The third-order valence-electron chi connectivity index (χ3n) is 3.63. The van der Waals surface area contributed by atoms with Crippen molar-refractivity contribution in [2.24, 2.45) is 4.99 Å². The van der Waals surface area contributed by atoms with Crippen LogP contribution >= 0.6 is 24.0 Å². The van der Waals surface area contributed by atoms with Gasteiger partial charge in [-0.1, -0.05) is 6.92 Å². The lowest BCUT2D eigenvalue weighted by Crippen LogP contribution is -2.45. The number of ether oxygens (including phenoxy) is 1. The standard InChI is InChI=1S/C15H30N4O4S.HI/c1-4-14(20)19-8-6-13(12-19)18-15(16-5-2)17-7-9-23-10-11-24(3,21)22;/h13H,4-12H2,1-3H3,(H2,16,17,18);1H. The number of amides is 1. The van der Waals surface area contributed by atoms with Gasteiger partial charge in [-0.15, -0.1) is 24.0 Å². The second kappa shape index (κ2) is 12.7. The Morgan fingerprint density at radius 2 is 2.04 bits per heavy atom. The van der Waals surface area contributed by atoms with E-state index in [0.717, 1.165) is 19.5 Å². The molecular weight excluding hydrogens is 459 g/mol. The Bertz CT molecular complexity index is 528. The number of aliphatic imine (C=N–C) groups is 1. The van der Waals surface area contributed by atoms with Crippen LogP contribution in [0.25, 0.3) is 0 Å². The predicted molar refractivity (Wildman–Crippen MR) is 110 cm³/mol. The highest BCUT2D eigenvalue weighted by molar-refractivity contribution is 14.0. The molecule has 0 aliphatic carbocycles. The van der Waals surface area contributed by atoms with Gasteiger partial charge in [0.15, 0.2) is 5.96 Å². The molecule has 8 nitrogen and oxygen atoms in total. The average molecular weight is 490 g/mol. The van der Waals surface area contributed by atoms with Crippen LogP contribution in [-0.4, -0.2) is 82.6 Å². The maximum absolute atomic E-state index is 11.7. The van der Waals surface area contributed by atoms with Crippen LogP contribution in [0.4, 0.5) is 0 Å². The number of carbonyl (C=O) groups is 1. The van der Waals surface area contributed by atoms with Gasteiger partial charge in [0.25, 0.3) is 0 Å². The molecule has 1 rings (SSSR count). The molecule has 1 saturated heterocycles. The maximum Gasteiger partial charge on any atom is 0.222 e. The number of halogens is 1. The van der Waals surface area contributed by atoms with E-state index < -0.39 is 9.84 Å². The second-order valence-electron chi connectivity index (χ2n) is 5.83. The van der Waals surface area contributed by atoms with E-state index in [2.05, 4.69) is 15.6 Å². The molecule has 2 N–H and O–H groups in total. The maximum atomic E-state index is 11.7. The van der Waals surface area contributed by atoms with Crippen molar-refractivity contribution in [3.63, 3.8) is 0 Å². The van der Waals surface area contributed by atoms with Gasteiger partial charge in [-0.2, -0.15) is 0 Å². The summed E-state index contributed by atoms with van der Waals surface area (Å²) < 4.78 is 27.3. The van der Waals surface area contributed by atoms with Crippen LogP contribution in [0.5, 0.6) is 0 Å². The molecule has 1 amide bonds. The fourth-order valence-electron chi connectivity index (χ4n) is 2.38. The van der Waals surface area contributed by atoms with Gasteiger partial charge in [0, 0.05) is 38.4 Å². The van der Waals surface area contributed by atoms with Gasteiger partial charge in [0.1, 0.15) is 9.84 Å². The summed E-state index contributed by atoms with van der Waals surface area (Å²) >= 11 is 0. The first-order valence-electron chi connectivity index (χ1n) is 8.43. The second-order valence-corrected chi connectivity index (χ2v) is 8.09. The number of likely N-dealkylation sites (tertiary alicyclic amines) is 1. The quantitative estimate of drug-likeness (QED) is 0.208. The Labute approximate surface area is 168 Å². The van der Waals surface area contributed by atoms with Gasteiger partial charge in [0.2, 0.25) is 5.91 Å². The molecule has 0 aromatic rings. The zero-order valence-corrected chi connectivity index (χ0v) is 18.4. The number of hydrogen-bond donors (Lipinski definition) is 2. The van der Waals surface area contributed by atoms with Gasteiger partial charge in [-0.05, 0) is 13.3 Å². The minimum Gasteiger partial charge on any atom is -0.378 e. The van der Waals surface area contributed by atoms with Gasteiger partial charge in [0.05, 0.1) is 25.5 Å². The fourth-order valence-corrected chi connectivity index (χ4v) is 2.80. The highest BCUT2D eigenvalue weighted by Crippen LogP contribution is 2.10. The minimum atomic E-state index is -2.98. The lowest BCUT2D eigenvalue weighted by Gasteiger charge is -2.18. The average Bonchev–Trinajstić information content (AvgIpc) is 2.97. The molecule has 0 aromatic heterocycles. The molecule has 10 heteroatoms. The SMILES string of the molecule is CCNC(=NCCOCCS(C)(=O)=O)NC1CCN(C(=O)CC)C1.I. The summed E-state index contributed by atoms with van der Waals surface area (Å²) in [5.74, 6) is 0.902. The van der Waals surface area contributed by atoms with E-state index in [1.807, 2.05) is 18.7 Å². The van der Waals surface area contributed by atoms with Crippen LogP contribution in [0.2, 0.25) is 0 Å². The van der Waals surface area contributed by atoms with Crippen molar-refractivity contribution in [1.29, 1.82) is 0 Å². The Morgan fingerprint density at radius 1 is 1.32 bits per heavy atom. The monoisotopic (exact) mass is 490 g/mol. The molecule has 1 aliphatic rings. The highest BCUT2D eigenvalue weighted by atomic mass is 127. The van der Waals surface area contributed by atoms with Gasteiger partial charge in [-0.3, -0.25) is 9.79 Å². The number of carbonyl (C=O) groups excluding carboxylic acids is 1. The van der Waals surface area contributed by atoms with E-state index in [1.165, 1.54) is 6.26 Å². The van der Waals surface area contributed by atoms with E-state index in [9.17, 15) is 13.2 Å². The van der Waals surface area contributed by atoms with E-state index in [4.69, 9.17) is 4.74 Å². The first kappa shape index (κ1) is 24.4. The first-order valence-corrected chi connectivity index (χ1v) is 10.5. The molecular formula is C15H31IN4O4S. The summed E-state index contributed by atoms with van der Waals surface area (Å²) in [4.78, 5) is 18.0. The van der Waals surface area contributed by atoms with Gasteiger partial charge >= 0.3 is 0 Å². The lowest BCUT2D eigenvalue weighted by atomic mass is 10.3. The number of nitrogens with zero attached hydrogens (tertiary/aromatic N) is 2. The molecule has 1 fully saturated rings. The largest absolute Gasteiger partial charge is 0.378 e. The summed E-state index contributed by atoms with van der Waals surface area (Å²) in [6, 6.07) is 0.199. The van der Waals surface area contributed by atoms with Crippen molar-refractivity contribution >= 4 is 45.7 Å². The van der Waals surface area contributed by atoms with Crippen molar-refractivity contribution in [1.82, 2.24) is 15.5 Å². The van der Waals surface area contributed by atoms with Crippen molar-refractivity contribution in [3.05, 3.63) is 0 Å². The molecule has 0 aromatic carbocycles. The predicted octanol–water partition coefficient (Wildman–Crippen LogP) is 0.232. The Balaban J connectivity index is 0.00000576. The number of guanidine groups is 1. The zero-order valence-electron chi connectivity index (χ0n) is 15.3. The van der Waals surface area contributed by atoms with Crippen molar-refractivity contribution < 1.29 is 17.9 Å². The topological polar surface area (TPSA) is 100 Å². The Hall–Kier alpha value is -0.620. The lowest BCUT2D eigenvalue weighted by molar-refractivity contribution is -0.129. The molecule has 0 spiro atoms. The van der Waals surface area contributed by atoms with E-state index in [0.29, 0.717) is 32.1 Å². The van der Waals surface area contributed by atoms with Crippen molar-refractivity contribution in [2.75, 3.05) is 51.4 Å². The molecule has 1 heterocycles. The van der Waals surface area contributed by atoms with Gasteiger partial charge < -0.3 is 20.3 Å². The minimum absolute atomic E-state index is 0. The van der Waals surface area contributed by atoms with Crippen LogP contribution in [0.1, 0.15) is 26.7 Å². The number of nitrogens with one attached hydrogen (secondary N) is 2. The summed E-state index contributed by atoms with van der Waals surface area (Å²) in [5.41, 5.74) is 0. The summed E-state index contributed by atoms with van der Waals surface area (Å²) in [7, 11) is -2.98. The normalized spacial score (nSPS) is 18.0. The smallest absolute Gasteiger partial charge is 0.222 e. The third kappa shape index (κ3) is 10.9. The molecule has 25 heavy (non-hydrogen) atoms. The van der Waals surface area contributed by atoms with E-state index in [-0.39, 0.29) is 48.3 Å².